The van der Waals surface area contributed by atoms with Crippen molar-refractivity contribution >= 4 is 57.7 Å². The van der Waals surface area contributed by atoms with Gasteiger partial charge >= 0.3 is 29.1 Å². The summed E-state index contributed by atoms with van der Waals surface area (Å²) < 4.78 is 77.2. The van der Waals surface area contributed by atoms with Crippen molar-refractivity contribution in [2.45, 2.75) is 36.9 Å². The van der Waals surface area contributed by atoms with Crippen molar-refractivity contribution < 1.29 is 75.0 Å². The van der Waals surface area contributed by atoms with Crippen LogP contribution >= 0.6 is 23.5 Å². The number of H-pyrrole nitrogens is 2. The quantitative estimate of drug-likeness (QED) is 0.0417. The van der Waals surface area contributed by atoms with E-state index >= 15 is 0 Å². The van der Waals surface area contributed by atoms with E-state index < -0.39 is 84.7 Å². The lowest BCUT2D eigenvalue weighted by molar-refractivity contribution is -0.747. The second-order valence-corrected chi connectivity index (χ2v) is 16.8. The van der Waals surface area contributed by atoms with E-state index in [1.54, 1.807) is 11.9 Å². The predicted molar refractivity (Wildman–Crippen MR) is 180 cm³/mol. The summed E-state index contributed by atoms with van der Waals surface area (Å²) in [5.41, 5.74) is 10.3. The molecule has 0 bridgehead atoms. The van der Waals surface area contributed by atoms with E-state index in [2.05, 4.69) is 33.5 Å². The molecule has 2 aliphatic rings. The number of hydrogen-bond acceptors (Lipinski definition) is 20. The number of aliphatic hydroxyl groups is 2. The lowest BCUT2D eigenvalue weighted by Gasteiger charge is -2.36. The van der Waals surface area contributed by atoms with Gasteiger partial charge in [-0.3, -0.25) is 42.6 Å². The van der Waals surface area contributed by atoms with Crippen molar-refractivity contribution in [3.63, 3.8) is 0 Å². The molecule has 5 unspecified atom stereocenters. The minimum Gasteiger partial charge on any atom is -0.395 e. The Morgan fingerprint density at radius 3 is 2.31 bits per heavy atom. The van der Waals surface area contributed by atoms with Crippen molar-refractivity contribution in [1.82, 2.24) is 39.0 Å². The molecular formula is C24H37N11O17P3+. The summed E-state index contributed by atoms with van der Waals surface area (Å²) in [5, 5.41) is 20.3. The van der Waals surface area contributed by atoms with Crippen molar-refractivity contribution in [3.05, 3.63) is 33.4 Å². The average molecular weight is 845 g/mol. The fourth-order valence-corrected chi connectivity index (χ4v) is 9.61. The number of phosphoric ester groups is 2. The number of nitrogen functional groups attached to an aromatic ring is 2. The summed E-state index contributed by atoms with van der Waals surface area (Å²) in [7, 11) is -14.3. The molecule has 0 aromatic carbocycles. The first-order valence-corrected chi connectivity index (χ1v) is 20.3. The highest BCUT2D eigenvalue weighted by molar-refractivity contribution is 7.66. The fourth-order valence-electron chi connectivity index (χ4n) is 6.07. The lowest BCUT2D eigenvalue weighted by atomic mass is 10.1. The Balaban J connectivity index is 1.07. The van der Waals surface area contributed by atoms with Gasteiger partial charge in [0.15, 0.2) is 29.9 Å². The van der Waals surface area contributed by atoms with Crippen LogP contribution in [0, 0.1) is 0 Å². The fraction of sp³-hybridized carbons (Fsp3) is 0.583. The molecule has 2 aliphatic heterocycles. The Morgan fingerprint density at radius 1 is 0.982 bits per heavy atom. The topological polar surface area (TPSA) is 390 Å². The van der Waals surface area contributed by atoms with Crippen LogP contribution in [0.15, 0.2) is 22.2 Å². The van der Waals surface area contributed by atoms with Crippen LogP contribution < -0.4 is 27.2 Å². The summed E-state index contributed by atoms with van der Waals surface area (Å²) in [4.78, 5) is 73.7. The number of nitrogens with two attached hydrogens (primary N) is 2. The van der Waals surface area contributed by atoms with Crippen LogP contribution in [0.1, 0.15) is 12.5 Å². The van der Waals surface area contributed by atoms with Crippen molar-refractivity contribution in [2.75, 3.05) is 58.0 Å². The number of aromatic amines is 2. The third-order valence-electron chi connectivity index (χ3n) is 8.29. The Hall–Kier alpha value is -3.53. The molecule has 0 amide bonds. The molecule has 4 aromatic rings. The first kappa shape index (κ1) is 41.1. The molecule has 304 valence electrons. The van der Waals surface area contributed by atoms with Gasteiger partial charge in [-0.15, -0.1) is 0 Å². The Labute approximate surface area is 306 Å². The van der Waals surface area contributed by atoms with E-state index in [0.29, 0.717) is 0 Å². The minimum absolute atomic E-state index is 0.0191. The number of phosphoric acid groups is 3. The second kappa shape index (κ2) is 15.8. The van der Waals surface area contributed by atoms with Crippen molar-refractivity contribution in [3.8, 4) is 0 Å². The molecule has 9 atom stereocenters. The van der Waals surface area contributed by atoms with Gasteiger partial charge in [0.1, 0.15) is 18.3 Å². The van der Waals surface area contributed by atoms with E-state index in [1.165, 1.54) is 27.1 Å². The molecule has 0 spiro atoms. The Bertz CT molecular complexity index is 2320. The number of imidazole rings is 2. The van der Waals surface area contributed by atoms with E-state index in [0.717, 1.165) is 6.33 Å². The van der Waals surface area contributed by atoms with Crippen LogP contribution in [0.5, 0.6) is 0 Å². The second-order valence-electron chi connectivity index (χ2n) is 12.1. The number of nitrogens with zero attached hydrogens (tertiary/aromatic N) is 7. The highest BCUT2D eigenvalue weighted by Gasteiger charge is 2.48. The minimum atomic E-state index is -5.92. The number of anilines is 2. The van der Waals surface area contributed by atoms with Crippen LogP contribution in [-0.4, -0.2) is 135 Å². The van der Waals surface area contributed by atoms with Crippen LogP contribution in [0.3, 0.4) is 0 Å². The molecule has 55 heavy (non-hydrogen) atoms. The number of aliphatic hydroxyl groups excluding tert-OH is 2. The molecule has 4 aromatic heterocycles. The molecule has 0 radical (unpaired) electrons. The van der Waals surface area contributed by atoms with Crippen LogP contribution in [-0.2, 0) is 52.6 Å². The van der Waals surface area contributed by atoms with Gasteiger partial charge in [-0.1, -0.05) is 4.98 Å². The number of hydrogen-bond donors (Lipinski definition) is 9. The molecule has 6 rings (SSSR count). The molecule has 2 saturated heterocycles. The molecule has 0 aliphatic carbocycles. The zero-order valence-corrected chi connectivity index (χ0v) is 31.3. The van der Waals surface area contributed by atoms with Gasteiger partial charge < -0.3 is 50.6 Å². The molecule has 6 heterocycles. The van der Waals surface area contributed by atoms with Gasteiger partial charge in [0.25, 0.3) is 17.1 Å². The van der Waals surface area contributed by atoms with Crippen molar-refractivity contribution in [1.29, 1.82) is 0 Å². The summed E-state index contributed by atoms with van der Waals surface area (Å²) in [5.74, 6) is -0.424. The lowest BCUT2D eigenvalue weighted by Crippen LogP contribution is -2.56. The van der Waals surface area contributed by atoms with E-state index in [9.17, 15) is 48.2 Å². The first-order valence-electron chi connectivity index (χ1n) is 15.8. The molecule has 28 nitrogen and oxygen atoms in total. The molecule has 31 heteroatoms. The maximum atomic E-state index is 12.7. The van der Waals surface area contributed by atoms with Gasteiger partial charge in [0.05, 0.1) is 45.8 Å². The largest absolute Gasteiger partial charge is 0.490 e. The van der Waals surface area contributed by atoms with Gasteiger partial charge in [0, 0.05) is 20.2 Å². The third kappa shape index (κ3) is 9.05. The Kier molecular flexibility index (Phi) is 11.8. The normalized spacial score (nSPS) is 27.0. The number of aryl methyl sites for hydroxylation is 1. The third-order valence-corrected chi connectivity index (χ3v) is 12.5. The van der Waals surface area contributed by atoms with Gasteiger partial charge in [-0.05, 0) is 0 Å². The predicted octanol–water partition coefficient (Wildman–Crippen LogP) is -3.32. The average Bonchev–Trinajstić information content (AvgIpc) is 3.74. The molecule has 0 saturated carbocycles. The summed E-state index contributed by atoms with van der Waals surface area (Å²) in [6.07, 6.45) is -4.78. The summed E-state index contributed by atoms with van der Waals surface area (Å²) in [6, 6.07) is 0. The zero-order valence-electron chi connectivity index (χ0n) is 28.6. The van der Waals surface area contributed by atoms with Crippen molar-refractivity contribution in [2.24, 2.45) is 7.05 Å². The number of β-amino-alcohol motifs (C(OH)–C–C–N with tert-alkyl or cyclic N) is 1. The highest BCUT2D eigenvalue weighted by atomic mass is 31.3. The van der Waals surface area contributed by atoms with E-state index in [1.807, 2.05) is 0 Å². The number of methoxy groups -OCH3 is 1. The highest BCUT2D eigenvalue weighted by Crippen LogP contribution is 2.67. The van der Waals surface area contributed by atoms with Gasteiger partial charge in [0.2, 0.25) is 11.5 Å². The first-order chi connectivity index (χ1) is 25.8. The monoisotopic (exact) mass is 844 g/mol. The number of rotatable bonds is 15. The van der Waals surface area contributed by atoms with E-state index in [-0.39, 0.29) is 60.5 Å². The standard InChI is InChI=1S/C24H36N11O17P3/c1-32-10-35(19-15(32)21(39)31-24(26)29-19)13-6-33(3-4-36)5-11(49-13)7-47-53(40,41)51-55(44,45)52-54(42,43)48-8-12-16(37)17(46-2)22(50-12)34-9-27-14-18(34)28-23(25)30-20(14)38/h9-13,16-17,22,36-37H,3-8H2,1-2H3,(H8-,25,26,28,29,30,31,38,39,40,41,42,43,44,45)/p+1/t11?,12-,13?,16-,17-,22-/m1/s1. The number of ether oxygens (including phenoxy) is 3. The zero-order chi connectivity index (χ0) is 40.0. The number of nitrogens with one attached hydrogen (secondary N) is 2. The van der Waals surface area contributed by atoms with Gasteiger partial charge in [-0.25, -0.2) is 23.2 Å². The van der Waals surface area contributed by atoms with E-state index in [4.69, 9.17) is 34.7 Å². The number of fused-ring (bicyclic) bond motifs is 2. The number of morpholine rings is 1. The smallest absolute Gasteiger partial charge is 0.395 e. The van der Waals surface area contributed by atoms with Crippen LogP contribution in [0.25, 0.3) is 22.3 Å². The van der Waals surface area contributed by atoms with Gasteiger partial charge in [-0.2, -0.15) is 13.6 Å². The molecule has 11 N–H and O–H groups in total. The summed E-state index contributed by atoms with van der Waals surface area (Å²) >= 11 is 0. The SMILES string of the molecule is CO[C@@H]1[C@H](O)[C@@H](COP(=O)(O)OP(=O)(O)OP(=O)(O)OCC2CN(CCO)CC([n+]3cn(C)c4c(=O)[nH]c(N)nc43)O2)O[C@H]1n1cnc2c(=O)[nH]c(N)nc21. The van der Waals surface area contributed by atoms with Crippen LogP contribution in [0.2, 0.25) is 0 Å². The maximum Gasteiger partial charge on any atom is 0.490 e. The molecular weight excluding hydrogens is 807 g/mol. The van der Waals surface area contributed by atoms with Crippen LogP contribution in [0.4, 0.5) is 11.9 Å². The summed E-state index contributed by atoms with van der Waals surface area (Å²) in [6.45, 7) is -1.72. The molecule has 2 fully saturated rings. The maximum absolute atomic E-state index is 12.7. The number of aromatic nitrogens is 8. The Morgan fingerprint density at radius 2 is 1.64 bits per heavy atom.